The van der Waals surface area contributed by atoms with Crippen LogP contribution >= 0.6 is 0 Å². The van der Waals surface area contributed by atoms with Crippen LogP contribution in [0.15, 0.2) is 0 Å². The molecule has 0 bridgehead atoms. The fourth-order valence-corrected chi connectivity index (χ4v) is 7.99. The molecule has 4 fully saturated rings. The second-order valence-corrected chi connectivity index (χ2v) is 15.4. The summed E-state index contributed by atoms with van der Waals surface area (Å²) in [5.41, 5.74) is -0.483. The Hall–Kier alpha value is -2.24. The minimum absolute atomic E-state index is 0.0102. The number of nitrogens with one attached hydrogen (secondary N) is 1. The van der Waals surface area contributed by atoms with Crippen molar-refractivity contribution in [3.05, 3.63) is 0 Å². The molecular formula is C34H60N6O5. The summed E-state index contributed by atoms with van der Waals surface area (Å²) in [5, 5.41) is 12.9. The first-order valence-corrected chi connectivity index (χ1v) is 17.5. The molecule has 4 amide bonds. The molecule has 4 aliphatic rings. The molecule has 11 nitrogen and oxygen atoms in total. The highest BCUT2D eigenvalue weighted by Gasteiger charge is 2.45. The molecule has 0 saturated carbocycles. The van der Waals surface area contributed by atoms with E-state index in [0.717, 1.165) is 64.5 Å². The predicted molar refractivity (Wildman–Crippen MR) is 174 cm³/mol. The summed E-state index contributed by atoms with van der Waals surface area (Å²) >= 11 is 0. The van der Waals surface area contributed by atoms with Crippen molar-refractivity contribution in [1.82, 2.24) is 29.8 Å². The zero-order chi connectivity index (χ0) is 33.1. The first-order chi connectivity index (χ1) is 21.3. The van der Waals surface area contributed by atoms with Gasteiger partial charge in [0.15, 0.2) is 0 Å². The highest BCUT2D eigenvalue weighted by Crippen LogP contribution is 2.30. The van der Waals surface area contributed by atoms with E-state index in [2.05, 4.69) is 29.0 Å². The molecule has 6 atom stereocenters. The van der Waals surface area contributed by atoms with E-state index in [0.29, 0.717) is 26.1 Å². The quantitative estimate of drug-likeness (QED) is 0.378. The fourth-order valence-electron chi connectivity index (χ4n) is 7.99. The fraction of sp³-hybridized carbons (Fsp3) is 0.882. The highest BCUT2D eigenvalue weighted by molar-refractivity contribution is 5.91. The summed E-state index contributed by atoms with van der Waals surface area (Å²) in [5.74, 6) is -0.0793. The lowest BCUT2D eigenvalue weighted by molar-refractivity contribution is -0.147. The number of likely N-dealkylation sites (tertiary alicyclic amines) is 4. The number of carbonyl (C=O) groups is 4. The Morgan fingerprint density at radius 2 is 1.42 bits per heavy atom. The first-order valence-electron chi connectivity index (χ1n) is 17.5. The van der Waals surface area contributed by atoms with Crippen molar-refractivity contribution in [2.24, 2.45) is 11.3 Å². The average Bonchev–Trinajstić information content (AvgIpc) is 3.77. The molecule has 0 aromatic heterocycles. The van der Waals surface area contributed by atoms with Crippen LogP contribution in [0, 0.1) is 11.3 Å². The van der Waals surface area contributed by atoms with Crippen LogP contribution in [0.5, 0.6) is 0 Å². The number of hydrogen-bond donors (Lipinski definition) is 2. The zero-order valence-electron chi connectivity index (χ0n) is 29.0. The van der Waals surface area contributed by atoms with E-state index in [4.69, 9.17) is 0 Å². The van der Waals surface area contributed by atoms with E-state index < -0.39 is 17.5 Å². The van der Waals surface area contributed by atoms with Gasteiger partial charge in [-0.3, -0.25) is 29.0 Å². The first kappa shape index (κ1) is 35.6. The number of aliphatic hydroxyl groups is 1. The Morgan fingerprint density at radius 1 is 0.822 bits per heavy atom. The summed E-state index contributed by atoms with van der Waals surface area (Å²) in [6.07, 6.45) is 7.66. The van der Waals surface area contributed by atoms with Gasteiger partial charge in [-0.1, -0.05) is 41.0 Å². The Balaban J connectivity index is 1.45. The third kappa shape index (κ3) is 8.01. The molecule has 4 aliphatic heterocycles. The van der Waals surface area contributed by atoms with E-state index in [1.165, 1.54) is 0 Å². The minimum atomic E-state index is -0.674. The molecule has 45 heavy (non-hydrogen) atoms. The van der Waals surface area contributed by atoms with Crippen molar-refractivity contribution in [2.45, 2.75) is 129 Å². The van der Waals surface area contributed by atoms with Gasteiger partial charge in [0, 0.05) is 32.7 Å². The molecule has 256 valence electrons. The number of aliphatic hydroxyl groups excluding tert-OH is 1. The molecule has 4 saturated heterocycles. The van der Waals surface area contributed by atoms with Crippen LogP contribution in [0.2, 0.25) is 0 Å². The lowest BCUT2D eigenvalue weighted by Crippen LogP contribution is -2.61. The zero-order valence-corrected chi connectivity index (χ0v) is 29.0. The van der Waals surface area contributed by atoms with Gasteiger partial charge in [0.2, 0.25) is 23.6 Å². The Bertz CT molecular complexity index is 1060. The third-order valence-corrected chi connectivity index (χ3v) is 10.8. The van der Waals surface area contributed by atoms with Crippen molar-refractivity contribution in [2.75, 3.05) is 53.4 Å². The lowest BCUT2D eigenvalue weighted by atomic mass is 9.84. The van der Waals surface area contributed by atoms with Crippen LogP contribution in [-0.4, -0.2) is 143 Å². The van der Waals surface area contributed by atoms with Gasteiger partial charge in [0.25, 0.3) is 0 Å². The smallest absolute Gasteiger partial charge is 0.245 e. The standard InChI is InChI=1S/C34H60N6O5/c1-23(2)28(37(7)33(45)29(34(3,4)5)35-30(42)25-14-8-9-17-36(25)6)21-38-18-11-15-26(38)31(43)40-20-12-16-27(40)32(44)39-19-10-13-24(39)22-41/h23-29,41H,8-22H2,1-7H3,(H,35,42)/t24-,25?,26+,27+,28-,29-/m1/s1. The average molecular weight is 633 g/mol. The van der Waals surface area contributed by atoms with Crippen molar-refractivity contribution in [1.29, 1.82) is 0 Å². The molecule has 0 aromatic rings. The summed E-state index contributed by atoms with van der Waals surface area (Å²) in [6.45, 7) is 13.6. The van der Waals surface area contributed by atoms with Crippen molar-refractivity contribution in [3.63, 3.8) is 0 Å². The van der Waals surface area contributed by atoms with Crippen LogP contribution in [-0.2, 0) is 19.2 Å². The molecule has 1 unspecified atom stereocenters. The SMILES string of the molecule is CC(C)[C@@H](CN1CCC[C@H]1C(=O)N1CCC[C@H]1C(=O)N1CCC[C@@H]1CO)N(C)C(=O)[C@@H](NC(=O)C1CCCCN1C)C(C)(C)C. The van der Waals surface area contributed by atoms with Gasteiger partial charge in [-0.2, -0.15) is 0 Å². The van der Waals surface area contributed by atoms with Crippen LogP contribution < -0.4 is 5.32 Å². The van der Waals surface area contributed by atoms with Gasteiger partial charge in [0.1, 0.15) is 12.1 Å². The van der Waals surface area contributed by atoms with Crippen LogP contribution in [0.25, 0.3) is 0 Å². The maximum atomic E-state index is 14.2. The highest BCUT2D eigenvalue weighted by atomic mass is 16.3. The summed E-state index contributed by atoms with van der Waals surface area (Å²) < 4.78 is 0. The Labute approximate surface area is 271 Å². The minimum Gasteiger partial charge on any atom is -0.394 e. The topological polar surface area (TPSA) is 117 Å². The van der Waals surface area contributed by atoms with E-state index in [-0.39, 0.29) is 60.3 Å². The van der Waals surface area contributed by atoms with Gasteiger partial charge in [-0.05, 0) is 82.8 Å². The predicted octanol–water partition coefficient (Wildman–Crippen LogP) is 1.92. The molecule has 0 spiro atoms. The molecule has 4 rings (SSSR count). The van der Waals surface area contributed by atoms with Crippen LogP contribution in [0.1, 0.15) is 92.4 Å². The maximum Gasteiger partial charge on any atom is 0.245 e. The van der Waals surface area contributed by atoms with Crippen LogP contribution in [0.3, 0.4) is 0 Å². The second-order valence-electron chi connectivity index (χ2n) is 15.4. The number of carbonyl (C=O) groups excluding carboxylic acids is 4. The molecule has 0 radical (unpaired) electrons. The van der Waals surface area contributed by atoms with Gasteiger partial charge in [-0.15, -0.1) is 0 Å². The monoisotopic (exact) mass is 632 g/mol. The molecular weight excluding hydrogens is 572 g/mol. The molecule has 0 aromatic carbocycles. The van der Waals surface area contributed by atoms with Gasteiger partial charge in [-0.25, -0.2) is 0 Å². The molecule has 11 heteroatoms. The molecule has 2 N–H and O–H groups in total. The largest absolute Gasteiger partial charge is 0.394 e. The normalized spacial score (nSPS) is 28.0. The van der Waals surface area contributed by atoms with E-state index in [1.807, 2.05) is 34.9 Å². The number of hydrogen-bond acceptors (Lipinski definition) is 7. The second kappa shape index (κ2) is 15.1. The summed E-state index contributed by atoms with van der Waals surface area (Å²) in [7, 11) is 3.81. The van der Waals surface area contributed by atoms with Crippen molar-refractivity contribution >= 4 is 23.6 Å². The van der Waals surface area contributed by atoms with Crippen molar-refractivity contribution < 1.29 is 24.3 Å². The number of amides is 4. The number of piperidine rings is 1. The van der Waals surface area contributed by atoms with E-state index in [1.54, 1.807) is 14.7 Å². The third-order valence-electron chi connectivity index (χ3n) is 10.8. The number of likely N-dealkylation sites (N-methyl/N-ethyl adjacent to an activating group) is 2. The summed E-state index contributed by atoms with van der Waals surface area (Å²) in [6, 6.07) is -1.99. The van der Waals surface area contributed by atoms with Crippen LogP contribution in [0.4, 0.5) is 0 Å². The Kier molecular flexibility index (Phi) is 12.0. The van der Waals surface area contributed by atoms with Crippen molar-refractivity contribution in [3.8, 4) is 0 Å². The van der Waals surface area contributed by atoms with E-state index >= 15 is 0 Å². The number of nitrogens with zero attached hydrogens (tertiary/aromatic N) is 5. The van der Waals surface area contributed by atoms with Gasteiger partial charge < -0.3 is 25.1 Å². The lowest BCUT2D eigenvalue weighted by Gasteiger charge is -2.41. The van der Waals surface area contributed by atoms with Gasteiger partial charge >= 0.3 is 0 Å². The van der Waals surface area contributed by atoms with E-state index in [9.17, 15) is 24.3 Å². The molecule has 4 heterocycles. The summed E-state index contributed by atoms with van der Waals surface area (Å²) in [4.78, 5) is 64.8. The number of rotatable bonds is 10. The Morgan fingerprint density at radius 3 is 2.07 bits per heavy atom. The molecule has 0 aliphatic carbocycles. The van der Waals surface area contributed by atoms with Gasteiger partial charge in [0.05, 0.1) is 24.7 Å². The maximum absolute atomic E-state index is 14.2.